The third-order valence-electron chi connectivity index (χ3n) is 5.83. The van der Waals surface area contributed by atoms with Gasteiger partial charge in [-0.25, -0.2) is 0 Å². The van der Waals surface area contributed by atoms with Gasteiger partial charge in [0.05, 0.1) is 0 Å². The monoisotopic (exact) mass is 212 g/mol. The van der Waals surface area contributed by atoms with Crippen molar-refractivity contribution in [2.45, 2.75) is 43.9 Å². The quantitative estimate of drug-likeness (QED) is 0.656. The van der Waals surface area contributed by atoms with Gasteiger partial charge >= 0.3 is 0 Å². The molecule has 0 nitrogen and oxygen atoms in total. The van der Waals surface area contributed by atoms with Crippen LogP contribution in [0, 0.1) is 17.8 Å². The zero-order valence-electron chi connectivity index (χ0n) is 9.86. The Bertz CT molecular complexity index is 380. The molecule has 0 N–H and O–H groups in total. The summed E-state index contributed by atoms with van der Waals surface area (Å²) in [6.07, 6.45) is 9.01. The molecular weight excluding hydrogens is 192 g/mol. The zero-order chi connectivity index (χ0) is 10.6. The number of benzene rings is 1. The maximum atomic E-state index is 2.40. The molecule has 16 heavy (non-hydrogen) atoms. The highest BCUT2D eigenvalue weighted by atomic mass is 14.7. The van der Waals surface area contributed by atoms with Crippen LogP contribution in [0.4, 0.5) is 0 Å². The van der Waals surface area contributed by atoms with Crippen molar-refractivity contribution in [1.82, 2.24) is 0 Å². The summed E-state index contributed by atoms with van der Waals surface area (Å²) in [5, 5.41) is 0. The molecule has 0 heterocycles. The molecule has 0 radical (unpaired) electrons. The van der Waals surface area contributed by atoms with E-state index in [0.717, 1.165) is 17.8 Å². The first-order chi connectivity index (χ1) is 7.93. The van der Waals surface area contributed by atoms with Crippen molar-refractivity contribution in [3.05, 3.63) is 35.9 Å². The van der Waals surface area contributed by atoms with E-state index in [-0.39, 0.29) is 0 Å². The van der Waals surface area contributed by atoms with Crippen molar-refractivity contribution in [2.75, 3.05) is 0 Å². The van der Waals surface area contributed by atoms with Crippen LogP contribution in [0.3, 0.4) is 0 Å². The fraction of sp³-hybridized carbons (Fsp3) is 0.625. The number of hydrogen-bond donors (Lipinski definition) is 0. The number of hydrogen-bond acceptors (Lipinski definition) is 0. The minimum absolute atomic E-state index is 0.627. The van der Waals surface area contributed by atoms with Crippen LogP contribution in [-0.4, -0.2) is 0 Å². The summed E-state index contributed by atoms with van der Waals surface area (Å²) in [5.74, 6) is 3.19. The molecule has 0 saturated heterocycles. The summed E-state index contributed by atoms with van der Waals surface area (Å²) in [6, 6.07) is 11.4. The minimum atomic E-state index is 0.627. The average molecular weight is 212 g/mol. The van der Waals surface area contributed by atoms with E-state index in [0.29, 0.717) is 5.41 Å². The first-order valence-electron chi connectivity index (χ1n) is 6.98. The summed E-state index contributed by atoms with van der Waals surface area (Å²) in [7, 11) is 0. The lowest BCUT2D eigenvalue weighted by Gasteiger charge is -2.69. The van der Waals surface area contributed by atoms with E-state index in [4.69, 9.17) is 0 Å². The van der Waals surface area contributed by atoms with E-state index in [1.807, 2.05) is 0 Å². The molecule has 2 unspecified atom stereocenters. The van der Waals surface area contributed by atoms with Crippen LogP contribution in [0.1, 0.15) is 44.1 Å². The van der Waals surface area contributed by atoms with Gasteiger partial charge in [0.2, 0.25) is 0 Å². The molecule has 3 fully saturated rings. The third kappa shape index (κ3) is 0.924. The van der Waals surface area contributed by atoms with Gasteiger partial charge in [0.1, 0.15) is 0 Å². The molecule has 0 heteroatoms. The van der Waals surface area contributed by atoms with E-state index in [2.05, 4.69) is 30.3 Å². The van der Waals surface area contributed by atoms with Crippen LogP contribution in [0.5, 0.6) is 0 Å². The minimum Gasteiger partial charge on any atom is -0.0622 e. The first-order valence-corrected chi connectivity index (χ1v) is 6.98. The Morgan fingerprint density at radius 1 is 0.875 bits per heavy atom. The predicted molar refractivity (Wildman–Crippen MR) is 66.3 cm³/mol. The second-order valence-corrected chi connectivity index (χ2v) is 6.11. The Labute approximate surface area is 98.1 Å². The molecule has 3 aliphatic carbocycles. The third-order valence-corrected chi connectivity index (χ3v) is 5.83. The van der Waals surface area contributed by atoms with Gasteiger partial charge in [0.15, 0.2) is 0 Å². The maximum absolute atomic E-state index is 2.40. The van der Waals surface area contributed by atoms with Crippen molar-refractivity contribution < 1.29 is 0 Å². The van der Waals surface area contributed by atoms with Crippen LogP contribution >= 0.6 is 0 Å². The van der Waals surface area contributed by atoms with Gasteiger partial charge in [-0.2, -0.15) is 0 Å². The highest BCUT2D eigenvalue weighted by Gasteiger charge is 2.64. The molecule has 3 aliphatic rings. The molecule has 0 aromatic heterocycles. The lowest BCUT2D eigenvalue weighted by molar-refractivity contribution is -0.139. The molecule has 0 spiro atoms. The molecule has 4 bridgehead atoms. The van der Waals surface area contributed by atoms with Crippen LogP contribution in [0.25, 0.3) is 0 Å². The highest BCUT2D eigenvalue weighted by molar-refractivity contribution is 5.35. The summed E-state index contributed by atoms with van der Waals surface area (Å²) in [5.41, 5.74) is 2.29. The van der Waals surface area contributed by atoms with Crippen LogP contribution < -0.4 is 0 Å². The first kappa shape index (κ1) is 9.27. The standard InChI is InChI=1S/C16H20/c1-2-6-12(7-3-1)16-11-5-8-13-14(16)9-4-10-15(13)16/h1-3,6-7,13-15H,4-5,8-11H2. The van der Waals surface area contributed by atoms with Gasteiger partial charge in [0.25, 0.3) is 0 Å². The van der Waals surface area contributed by atoms with Crippen molar-refractivity contribution in [2.24, 2.45) is 17.8 Å². The summed E-state index contributed by atoms with van der Waals surface area (Å²) in [4.78, 5) is 0. The second-order valence-electron chi connectivity index (χ2n) is 6.11. The van der Waals surface area contributed by atoms with Gasteiger partial charge in [-0.05, 0) is 49.0 Å². The van der Waals surface area contributed by atoms with Gasteiger partial charge in [-0.15, -0.1) is 0 Å². The molecule has 0 aliphatic heterocycles. The molecule has 0 amide bonds. The maximum Gasteiger partial charge on any atom is 0.00149 e. The van der Waals surface area contributed by atoms with Crippen molar-refractivity contribution >= 4 is 0 Å². The largest absolute Gasteiger partial charge is 0.0622 e. The van der Waals surface area contributed by atoms with Crippen molar-refractivity contribution in [1.29, 1.82) is 0 Å². The lowest BCUT2D eigenvalue weighted by atomic mass is 9.35. The molecular formula is C16H20. The average Bonchev–Trinajstić information content (AvgIpc) is 2.42. The van der Waals surface area contributed by atoms with Crippen LogP contribution in [0.2, 0.25) is 0 Å². The molecule has 84 valence electrons. The second kappa shape index (κ2) is 3.12. The van der Waals surface area contributed by atoms with E-state index < -0.39 is 0 Å². The van der Waals surface area contributed by atoms with Gasteiger partial charge < -0.3 is 0 Å². The topological polar surface area (TPSA) is 0 Å². The molecule has 4 rings (SSSR count). The Hall–Kier alpha value is -0.780. The van der Waals surface area contributed by atoms with E-state index >= 15 is 0 Å². The van der Waals surface area contributed by atoms with Crippen molar-refractivity contribution in [3.8, 4) is 0 Å². The van der Waals surface area contributed by atoms with Gasteiger partial charge in [-0.1, -0.05) is 43.2 Å². The summed E-state index contributed by atoms with van der Waals surface area (Å²) >= 11 is 0. The smallest absolute Gasteiger partial charge is 0.00149 e. The van der Waals surface area contributed by atoms with E-state index in [9.17, 15) is 0 Å². The van der Waals surface area contributed by atoms with Crippen LogP contribution in [0.15, 0.2) is 30.3 Å². The highest BCUT2D eigenvalue weighted by Crippen LogP contribution is 2.70. The number of rotatable bonds is 1. The fourth-order valence-corrected chi connectivity index (χ4v) is 5.43. The van der Waals surface area contributed by atoms with Crippen LogP contribution in [-0.2, 0) is 5.41 Å². The molecule has 3 saturated carbocycles. The predicted octanol–water partition coefficient (Wildman–Crippen LogP) is 4.15. The molecule has 1 aromatic carbocycles. The van der Waals surface area contributed by atoms with E-state index in [1.165, 1.54) is 38.5 Å². The Morgan fingerprint density at radius 2 is 1.62 bits per heavy atom. The summed E-state index contributed by atoms with van der Waals surface area (Å²) in [6.45, 7) is 0. The molecule has 2 atom stereocenters. The van der Waals surface area contributed by atoms with Gasteiger partial charge in [0, 0.05) is 5.41 Å². The Balaban J connectivity index is 1.81. The Kier molecular flexibility index (Phi) is 1.81. The summed E-state index contributed by atoms with van der Waals surface area (Å²) < 4.78 is 0. The Morgan fingerprint density at radius 3 is 2.38 bits per heavy atom. The SMILES string of the molecule is c1ccc(C23CCCC4C2CCCC43)cc1. The fourth-order valence-electron chi connectivity index (χ4n) is 5.43. The van der Waals surface area contributed by atoms with Crippen molar-refractivity contribution in [3.63, 3.8) is 0 Å². The molecule has 1 aromatic rings. The van der Waals surface area contributed by atoms with E-state index in [1.54, 1.807) is 5.56 Å². The zero-order valence-corrected chi connectivity index (χ0v) is 9.86. The normalized spacial score (nSPS) is 44.9. The lowest BCUT2D eigenvalue weighted by Crippen LogP contribution is -2.64. The number of fused-ring (bicyclic) bond motifs is 1. The van der Waals surface area contributed by atoms with Gasteiger partial charge in [-0.3, -0.25) is 0 Å².